The third-order valence-corrected chi connectivity index (χ3v) is 5.17. The second-order valence-electron chi connectivity index (χ2n) is 6.67. The van der Waals surface area contributed by atoms with E-state index in [0.717, 1.165) is 6.07 Å². The molecule has 0 fully saturated rings. The molecule has 152 valence electrons. The van der Waals surface area contributed by atoms with Crippen LogP contribution in [0.25, 0.3) is 16.7 Å². The first-order valence-electron chi connectivity index (χ1n) is 8.87. The molecule has 0 saturated heterocycles. The van der Waals surface area contributed by atoms with E-state index in [9.17, 15) is 23.1 Å². The second kappa shape index (κ2) is 9.04. The number of nitrogens with zero attached hydrogens (tertiary/aromatic N) is 2. The van der Waals surface area contributed by atoms with Crippen molar-refractivity contribution >= 4 is 28.6 Å². The number of halogens is 4. The van der Waals surface area contributed by atoms with E-state index in [-0.39, 0.29) is 52.1 Å². The van der Waals surface area contributed by atoms with Crippen molar-refractivity contribution in [1.82, 2.24) is 9.55 Å². The number of hydrogen-bond acceptors (Lipinski definition) is 3. The summed E-state index contributed by atoms with van der Waals surface area (Å²) in [7, 11) is 0. The van der Waals surface area contributed by atoms with E-state index >= 15 is 0 Å². The van der Waals surface area contributed by atoms with Crippen LogP contribution in [0.3, 0.4) is 0 Å². The van der Waals surface area contributed by atoms with E-state index in [1.54, 1.807) is 41.2 Å². The van der Waals surface area contributed by atoms with Gasteiger partial charge >= 0.3 is 35.7 Å². The van der Waals surface area contributed by atoms with Gasteiger partial charge in [-0.1, -0.05) is 29.8 Å². The van der Waals surface area contributed by atoms with Crippen LogP contribution in [0.15, 0.2) is 67.0 Å². The zero-order valence-electron chi connectivity index (χ0n) is 16.3. The Balaban J connectivity index is 0.00000272. The molecule has 2 heterocycles. The van der Waals surface area contributed by atoms with Gasteiger partial charge in [0.05, 0.1) is 11.5 Å². The number of carboxylic acid groups (broad SMARTS) is 1. The van der Waals surface area contributed by atoms with Crippen LogP contribution in [0.4, 0.5) is 13.2 Å². The summed E-state index contributed by atoms with van der Waals surface area (Å²) in [4.78, 5) is 15.3. The van der Waals surface area contributed by atoms with Crippen LogP contribution in [0.5, 0.6) is 0 Å². The maximum absolute atomic E-state index is 13.5. The van der Waals surface area contributed by atoms with Gasteiger partial charge in [-0.3, -0.25) is 0 Å². The Morgan fingerprint density at radius 3 is 2.42 bits per heavy atom. The Kier molecular flexibility index (Phi) is 6.81. The van der Waals surface area contributed by atoms with Crippen molar-refractivity contribution in [2.24, 2.45) is 0 Å². The molecule has 4 rings (SSSR count). The number of rotatable bonds is 4. The van der Waals surface area contributed by atoms with Crippen molar-refractivity contribution in [2.75, 3.05) is 0 Å². The van der Waals surface area contributed by atoms with Gasteiger partial charge in [0.1, 0.15) is 5.65 Å². The Bertz CT molecular complexity index is 1250. The van der Waals surface area contributed by atoms with Crippen LogP contribution >= 0.6 is 11.6 Å². The molecule has 0 aliphatic rings. The first-order chi connectivity index (χ1) is 14.3. The molecule has 0 amide bonds. The molecule has 0 atom stereocenters. The van der Waals surface area contributed by atoms with Crippen molar-refractivity contribution in [3.63, 3.8) is 0 Å². The fourth-order valence-electron chi connectivity index (χ4n) is 3.42. The van der Waals surface area contributed by atoms with Gasteiger partial charge in [-0.05, 0) is 53.1 Å². The summed E-state index contributed by atoms with van der Waals surface area (Å²) in [5, 5.41) is 11.7. The molecule has 0 radical (unpaired) electrons. The minimum atomic E-state index is -4.53. The largest absolute Gasteiger partial charge is 1.00 e. The van der Waals surface area contributed by atoms with Gasteiger partial charge in [0.2, 0.25) is 0 Å². The molecule has 2 aromatic heterocycles. The van der Waals surface area contributed by atoms with Crippen LogP contribution in [0.2, 0.25) is 5.02 Å². The molecule has 0 aliphatic heterocycles. The molecule has 4 nitrogen and oxygen atoms in total. The molecule has 9 heteroatoms. The maximum atomic E-state index is 13.5. The standard InChI is InChI=1S/C22H14ClF3N2O2.Na/c23-19-5-1-4-18(22(24,25)26)17(19)11-14-12-28(20-16(14)3-2-10-27-20)15-8-6-13(7-9-15)21(29)30;/h1-10,12H,11H2,(H,29,30);/q;+1/p-1. The number of pyridine rings is 1. The monoisotopic (exact) mass is 452 g/mol. The molecular formula is C22H13ClF3N2NaO2. The minimum absolute atomic E-state index is 0. The summed E-state index contributed by atoms with van der Waals surface area (Å²) in [5.41, 5.74) is 0.995. The third-order valence-electron chi connectivity index (χ3n) is 4.82. The molecule has 0 unspecified atom stereocenters. The maximum Gasteiger partial charge on any atom is 1.00 e. The number of alkyl halides is 3. The number of benzene rings is 2. The molecule has 0 aliphatic carbocycles. The number of aromatic carboxylic acids is 1. The topological polar surface area (TPSA) is 57.9 Å². The van der Waals surface area contributed by atoms with E-state index in [1.165, 1.54) is 24.3 Å². The van der Waals surface area contributed by atoms with E-state index in [0.29, 0.717) is 22.3 Å². The summed E-state index contributed by atoms with van der Waals surface area (Å²) >= 11 is 6.12. The van der Waals surface area contributed by atoms with Gasteiger partial charge in [0.25, 0.3) is 0 Å². The molecule has 0 spiro atoms. The van der Waals surface area contributed by atoms with Crippen LogP contribution < -0.4 is 34.7 Å². The summed E-state index contributed by atoms with van der Waals surface area (Å²) in [5.74, 6) is -1.30. The predicted octanol–water partition coefficient (Wildman–Crippen LogP) is 1.66. The van der Waals surface area contributed by atoms with Gasteiger partial charge in [-0.15, -0.1) is 0 Å². The molecular weight excluding hydrogens is 440 g/mol. The van der Waals surface area contributed by atoms with Gasteiger partial charge in [0.15, 0.2) is 0 Å². The van der Waals surface area contributed by atoms with Gasteiger partial charge in [-0.25, -0.2) is 4.98 Å². The fourth-order valence-corrected chi connectivity index (χ4v) is 3.66. The van der Waals surface area contributed by atoms with Crippen LogP contribution in [0.1, 0.15) is 27.0 Å². The van der Waals surface area contributed by atoms with Crippen molar-refractivity contribution in [3.05, 3.63) is 94.3 Å². The Morgan fingerprint density at radius 2 is 1.77 bits per heavy atom. The normalized spacial score (nSPS) is 11.4. The SMILES string of the molecule is O=C([O-])c1ccc(-n2cc(Cc3c(Cl)cccc3C(F)(F)F)c3cccnc32)cc1.[Na+]. The zero-order valence-corrected chi connectivity index (χ0v) is 19.0. The van der Waals surface area contributed by atoms with Crippen molar-refractivity contribution in [3.8, 4) is 5.69 Å². The molecule has 31 heavy (non-hydrogen) atoms. The number of hydrogen-bond donors (Lipinski definition) is 0. The molecule has 0 saturated carbocycles. The van der Waals surface area contributed by atoms with E-state index in [4.69, 9.17) is 11.6 Å². The summed E-state index contributed by atoms with van der Waals surface area (Å²) in [6, 6.07) is 13.2. The predicted molar refractivity (Wildman–Crippen MR) is 105 cm³/mol. The zero-order chi connectivity index (χ0) is 21.5. The van der Waals surface area contributed by atoms with Crippen LogP contribution in [-0.2, 0) is 12.6 Å². The summed E-state index contributed by atoms with van der Waals surface area (Å²) < 4.78 is 42.2. The van der Waals surface area contributed by atoms with Gasteiger partial charge in [-0.2, -0.15) is 13.2 Å². The Hall–Kier alpha value is -2.32. The van der Waals surface area contributed by atoms with Crippen molar-refractivity contribution < 1.29 is 52.6 Å². The van der Waals surface area contributed by atoms with E-state index < -0.39 is 17.7 Å². The quantitative estimate of drug-likeness (QED) is 0.443. The number of carboxylic acids is 1. The smallest absolute Gasteiger partial charge is 0.545 e. The molecule has 4 aromatic rings. The summed E-state index contributed by atoms with van der Waals surface area (Å²) in [6.07, 6.45) is -1.30. The molecule has 0 bridgehead atoms. The minimum Gasteiger partial charge on any atom is -0.545 e. The average molecular weight is 453 g/mol. The van der Waals surface area contributed by atoms with Crippen molar-refractivity contribution in [2.45, 2.75) is 12.6 Å². The third kappa shape index (κ3) is 4.65. The first kappa shape index (κ1) is 23.3. The van der Waals surface area contributed by atoms with Crippen molar-refractivity contribution in [1.29, 1.82) is 0 Å². The number of carbonyl (C=O) groups excluding carboxylic acids is 1. The molecule has 2 aromatic carbocycles. The number of carbonyl (C=O) groups is 1. The number of aromatic nitrogens is 2. The van der Waals surface area contributed by atoms with Crippen LogP contribution in [0, 0.1) is 0 Å². The average Bonchev–Trinajstić information content (AvgIpc) is 3.07. The van der Waals surface area contributed by atoms with Gasteiger partial charge < -0.3 is 14.5 Å². The van der Waals surface area contributed by atoms with E-state index in [2.05, 4.69) is 4.98 Å². The van der Waals surface area contributed by atoms with E-state index in [1.807, 2.05) is 0 Å². The van der Waals surface area contributed by atoms with Gasteiger partial charge in [0, 0.05) is 34.9 Å². The Morgan fingerprint density at radius 1 is 1.06 bits per heavy atom. The summed E-state index contributed by atoms with van der Waals surface area (Å²) in [6.45, 7) is 0. The first-order valence-corrected chi connectivity index (χ1v) is 9.25. The Labute approximate surface area is 202 Å². The van der Waals surface area contributed by atoms with Crippen LogP contribution in [-0.4, -0.2) is 15.5 Å². The number of fused-ring (bicyclic) bond motifs is 1. The fraction of sp³-hybridized carbons (Fsp3) is 0.0909. The molecule has 0 N–H and O–H groups in total. The second-order valence-corrected chi connectivity index (χ2v) is 7.08.